The van der Waals surface area contributed by atoms with Crippen molar-refractivity contribution in [3.05, 3.63) is 35.9 Å². The molecule has 0 spiro atoms. The van der Waals surface area contributed by atoms with Gasteiger partial charge in [0, 0.05) is 12.6 Å². The zero-order chi connectivity index (χ0) is 16.9. The van der Waals surface area contributed by atoms with E-state index in [1.165, 1.54) is 28.7 Å². The number of ether oxygens (including phenoxy) is 1. The Kier molecular flexibility index (Phi) is 5.73. The van der Waals surface area contributed by atoms with Crippen molar-refractivity contribution < 1.29 is 9.53 Å². The smallest absolute Gasteiger partial charge is 0.295 e. The zero-order valence-corrected chi connectivity index (χ0v) is 15.5. The molecule has 0 aliphatic heterocycles. The van der Waals surface area contributed by atoms with E-state index < -0.39 is 0 Å². The molecule has 24 heavy (non-hydrogen) atoms. The molecule has 1 aromatic heterocycles. The monoisotopic (exact) mass is 363 g/mol. The maximum atomic E-state index is 12.6. The van der Waals surface area contributed by atoms with Crippen LogP contribution in [0.2, 0.25) is 0 Å². The van der Waals surface area contributed by atoms with E-state index in [-0.39, 0.29) is 12.0 Å². The van der Waals surface area contributed by atoms with Crippen LogP contribution in [0.4, 0.5) is 0 Å². The molecule has 0 bridgehead atoms. The predicted molar refractivity (Wildman–Crippen MR) is 96.4 cm³/mol. The molecule has 5 nitrogen and oxygen atoms in total. The van der Waals surface area contributed by atoms with Crippen LogP contribution in [-0.2, 0) is 11.3 Å². The molecule has 0 radical (unpaired) electrons. The number of hydrogen-bond acceptors (Lipinski definition) is 6. The van der Waals surface area contributed by atoms with E-state index in [1.807, 2.05) is 36.9 Å². The minimum atomic E-state index is 0.0775. The highest BCUT2D eigenvalue weighted by Crippen LogP contribution is 2.31. The summed E-state index contributed by atoms with van der Waals surface area (Å²) in [6.45, 7) is 4.59. The first-order valence-corrected chi connectivity index (χ1v) is 9.88. The average molecular weight is 364 g/mol. The van der Waals surface area contributed by atoms with Crippen molar-refractivity contribution in [2.24, 2.45) is 0 Å². The Morgan fingerprint density at radius 2 is 2.08 bits per heavy atom. The van der Waals surface area contributed by atoms with Crippen LogP contribution >= 0.6 is 23.1 Å². The van der Waals surface area contributed by atoms with Crippen LogP contribution in [0.25, 0.3) is 0 Å². The molecule has 128 valence electrons. The standard InChI is InChI=1S/C17H21N3O2S2/c1-12(2)22-16-18-19-17(24-16)23-11-15(21)20(14-8-9-14)10-13-6-4-3-5-7-13/h3-7,12,14H,8-11H2,1-2H3. The fourth-order valence-electron chi connectivity index (χ4n) is 2.30. The first kappa shape index (κ1) is 17.2. The number of amides is 1. The Morgan fingerprint density at radius 3 is 2.75 bits per heavy atom. The summed E-state index contributed by atoms with van der Waals surface area (Å²) in [5.41, 5.74) is 1.17. The van der Waals surface area contributed by atoms with Gasteiger partial charge in [0.25, 0.3) is 5.19 Å². The van der Waals surface area contributed by atoms with Gasteiger partial charge in [0.1, 0.15) is 0 Å². The largest absolute Gasteiger partial charge is 0.466 e. The van der Waals surface area contributed by atoms with Gasteiger partial charge in [-0.1, -0.05) is 47.2 Å². The van der Waals surface area contributed by atoms with Crippen LogP contribution < -0.4 is 4.74 Å². The van der Waals surface area contributed by atoms with Crippen molar-refractivity contribution in [1.29, 1.82) is 0 Å². The van der Waals surface area contributed by atoms with Gasteiger partial charge >= 0.3 is 0 Å². The quantitative estimate of drug-likeness (QED) is 0.671. The number of benzene rings is 1. The third kappa shape index (κ3) is 4.95. The molecule has 1 aliphatic carbocycles. The van der Waals surface area contributed by atoms with Gasteiger partial charge in [-0.25, -0.2) is 0 Å². The van der Waals surface area contributed by atoms with Crippen molar-refractivity contribution in [2.75, 3.05) is 5.75 Å². The van der Waals surface area contributed by atoms with E-state index in [0.29, 0.717) is 23.5 Å². The Hall–Kier alpha value is -1.60. The molecule has 1 fully saturated rings. The number of thioether (sulfide) groups is 1. The molecule has 0 saturated heterocycles. The molecule has 0 unspecified atom stereocenters. The van der Waals surface area contributed by atoms with E-state index in [9.17, 15) is 4.79 Å². The lowest BCUT2D eigenvalue weighted by Gasteiger charge is -2.22. The molecular weight excluding hydrogens is 342 g/mol. The van der Waals surface area contributed by atoms with Crippen molar-refractivity contribution in [2.45, 2.75) is 49.7 Å². The maximum Gasteiger partial charge on any atom is 0.295 e. The summed E-state index contributed by atoms with van der Waals surface area (Å²) in [7, 11) is 0. The fraction of sp³-hybridized carbons (Fsp3) is 0.471. The lowest BCUT2D eigenvalue weighted by molar-refractivity contribution is -0.129. The summed E-state index contributed by atoms with van der Waals surface area (Å²) in [4.78, 5) is 14.6. The van der Waals surface area contributed by atoms with Gasteiger partial charge in [-0.05, 0) is 43.6 Å². The van der Waals surface area contributed by atoms with Crippen LogP contribution in [0.3, 0.4) is 0 Å². The summed E-state index contributed by atoms with van der Waals surface area (Å²) >= 11 is 2.82. The number of rotatable bonds is 8. The Balaban J connectivity index is 1.55. The van der Waals surface area contributed by atoms with Crippen LogP contribution in [0.15, 0.2) is 34.7 Å². The van der Waals surface area contributed by atoms with Gasteiger partial charge in [-0.2, -0.15) is 0 Å². The Labute approximate surface area is 150 Å². The van der Waals surface area contributed by atoms with E-state index in [0.717, 1.165) is 17.2 Å². The summed E-state index contributed by atoms with van der Waals surface area (Å²) < 4.78 is 6.29. The molecule has 0 atom stereocenters. The topological polar surface area (TPSA) is 55.3 Å². The highest BCUT2D eigenvalue weighted by atomic mass is 32.2. The van der Waals surface area contributed by atoms with E-state index in [2.05, 4.69) is 22.3 Å². The minimum absolute atomic E-state index is 0.0775. The van der Waals surface area contributed by atoms with Crippen molar-refractivity contribution in [1.82, 2.24) is 15.1 Å². The maximum absolute atomic E-state index is 12.6. The fourth-order valence-corrected chi connectivity index (χ4v) is 3.99. The number of carbonyl (C=O) groups excluding carboxylic acids is 1. The average Bonchev–Trinajstić information content (AvgIpc) is 3.31. The zero-order valence-electron chi connectivity index (χ0n) is 13.8. The molecular formula is C17H21N3O2S2. The highest BCUT2D eigenvalue weighted by Gasteiger charge is 2.32. The van der Waals surface area contributed by atoms with Crippen LogP contribution in [0, 0.1) is 0 Å². The lowest BCUT2D eigenvalue weighted by Crippen LogP contribution is -2.33. The Bertz CT molecular complexity index is 671. The third-order valence-corrected chi connectivity index (χ3v) is 5.48. The molecule has 1 aromatic carbocycles. The lowest BCUT2D eigenvalue weighted by atomic mass is 10.2. The summed E-state index contributed by atoms with van der Waals surface area (Å²) in [5, 5.41) is 8.63. The van der Waals surface area contributed by atoms with Crippen molar-refractivity contribution in [3.63, 3.8) is 0 Å². The highest BCUT2D eigenvalue weighted by molar-refractivity contribution is 8.01. The number of hydrogen-bond donors (Lipinski definition) is 0. The first-order valence-electron chi connectivity index (χ1n) is 8.08. The molecule has 0 N–H and O–H groups in total. The SMILES string of the molecule is CC(C)Oc1nnc(SCC(=O)N(Cc2ccccc2)C2CC2)s1. The number of carbonyl (C=O) groups is 1. The van der Waals surface area contributed by atoms with E-state index >= 15 is 0 Å². The summed E-state index contributed by atoms with van der Waals surface area (Å²) in [6.07, 6.45) is 2.29. The van der Waals surface area contributed by atoms with E-state index in [4.69, 9.17) is 4.74 Å². The molecule has 3 rings (SSSR count). The van der Waals surface area contributed by atoms with Gasteiger partial charge in [0.15, 0.2) is 4.34 Å². The van der Waals surface area contributed by atoms with Gasteiger partial charge in [0.05, 0.1) is 11.9 Å². The van der Waals surface area contributed by atoms with E-state index in [1.54, 1.807) is 0 Å². The first-order chi connectivity index (χ1) is 11.6. The molecule has 7 heteroatoms. The second kappa shape index (κ2) is 7.98. The van der Waals surface area contributed by atoms with Gasteiger partial charge in [0.2, 0.25) is 5.91 Å². The molecule has 2 aromatic rings. The molecule has 1 saturated carbocycles. The van der Waals surface area contributed by atoms with Gasteiger partial charge < -0.3 is 9.64 Å². The predicted octanol–water partition coefficient (Wildman–Crippen LogP) is 3.61. The minimum Gasteiger partial charge on any atom is -0.466 e. The molecule has 1 aliphatic rings. The van der Waals surface area contributed by atoms with Crippen LogP contribution in [0.5, 0.6) is 5.19 Å². The van der Waals surface area contributed by atoms with Crippen molar-refractivity contribution in [3.8, 4) is 5.19 Å². The van der Waals surface area contributed by atoms with Crippen LogP contribution in [-0.4, -0.2) is 38.9 Å². The van der Waals surface area contributed by atoms with Gasteiger partial charge in [-0.3, -0.25) is 4.79 Å². The second-order valence-electron chi connectivity index (χ2n) is 6.03. The molecule has 1 heterocycles. The summed E-state index contributed by atoms with van der Waals surface area (Å²) in [5.74, 6) is 0.549. The molecule has 1 amide bonds. The number of nitrogens with zero attached hydrogens (tertiary/aromatic N) is 3. The summed E-state index contributed by atoms with van der Waals surface area (Å²) in [6, 6.07) is 10.5. The third-order valence-electron chi connectivity index (χ3n) is 3.55. The normalized spacial score (nSPS) is 14.0. The van der Waals surface area contributed by atoms with Gasteiger partial charge in [-0.15, -0.1) is 5.10 Å². The Morgan fingerprint density at radius 1 is 1.33 bits per heavy atom. The van der Waals surface area contributed by atoms with Crippen molar-refractivity contribution >= 4 is 29.0 Å². The van der Waals surface area contributed by atoms with Crippen LogP contribution in [0.1, 0.15) is 32.3 Å². The number of aromatic nitrogens is 2. The second-order valence-corrected chi connectivity index (χ2v) is 8.19.